The summed E-state index contributed by atoms with van der Waals surface area (Å²) in [6, 6.07) is 1.48. The average molecular weight is 225 g/mol. The Hall–Kier alpha value is -0.120. The Morgan fingerprint density at radius 3 is 2.56 bits per heavy atom. The lowest BCUT2D eigenvalue weighted by Crippen LogP contribution is -2.61. The summed E-state index contributed by atoms with van der Waals surface area (Å²) in [7, 11) is 0. The third-order valence-corrected chi connectivity index (χ3v) is 4.23. The molecule has 1 atom stereocenters. The molecular weight excluding hydrogens is 198 g/mol. The highest BCUT2D eigenvalue weighted by Crippen LogP contribution is 2.25. The van der Waals surface area contributed by atoms with Crippen LogP contribution in [0.1, 0.15) is 34.1 Å². The maximum absolute atomic E-state index is 3.51. The van der Waals surface area contributed by atoms with Crippen molar-refractivity contribution in [3.63, 3.8) is 0 Å². The van der Waals surface area contributed by atoms with Crippen LogP contribution >= 0.6 is 0 Å². The molecule has 0 aliphatic carbocycles. The van der Waals surface area contributed by atoms with E-state index >= 15 is 0 Å². The molecule has 2 saturated heterocycles. The van der Waals surface area contributed by atoms with Gasteiger partial charge >= 0.3 is 0 Å². The normalized spacial score (nSPS) is 32.4. The lowest BCUT2D eigenvalue weighted by molar-refractivity contribution is 0.0466. The molecule has 2 aliphatic heterocycles. The van der Waals surface area contributed by atoms with E-state index in [0.29, 0.717) is 11.6 Å². The van der Waals surface area contributed by atoms with Crippen LogP contribution in [0.2, 0.25) is 0 Å². The molecule has 1 N–H and O–H groups in total. The molecule has 3 nitrogen and oxygen atoms in total. The largest absolute Gasteiger partial charge is 0.314 e. The smallest absolute Gasteiger partial charge is 0.0281 e. The summed E-state index contributed by atoms with van der Waals surface area (Å²) in [6.45, 7) is 15.4. The second-order valence-electron chi connectivity index (χ2n) is 6.21. The Labute approximate surface area is 100 Å². The van der Waals surface area contributed by atoms with Gasteiger partial charge in [-0.15, -0.1) is 0 Å². The van der Waals surface area contributed by atoms with Gasteiger partial charge in [0.25, 0.3) is 0 Å². The summed E-state index contributed by atoms with van der Waals surface area (Å²) in [6.07, 6.45) is 1.35. The van der Waals surface area contributed by atoms with Gasteiger partial charge in [0, 0.05) is 50.3 Å². The molecule has 0 aromatic carbocycles. The first-order valence-electron chi connectivity index (χ1n) is 6.72. The molecule has 2 rings (SSSR count). The van der Waals surface area contributed by atoms with Gasteiger partial charge in [-0.3, -0.25) is 9.80 Å². The SMILES string of the molecule is CC(C)N1CCC(N2CCNCC2(C)C)C1. The first-order valence-corrected chi connectivity index (χ1v) is 6.72. The van der Waals surface area contributed by atoms with Crippen molar-refractivity contribution in [2.75, 3.05) is 32.7 Å². The number of rotatable bonds is 2. The van der Waals surface area contributed by atoms with Gasteiger partial charge in [0.1, 0.15) is 0 Å². The standard InChI is InChI=1S/C13H27N3/c1-11(2)15-7-5-12(9-15)16-8-6-14-10-13(16,3)4/h11-12,14H,5-10H2,1-4H3. The van der Waals surface area contributed by atoms with E-state index < -0.39 is 0 Å². The number of piperazine rings is 1. The second kappa shape index (κ2) is 4.63. The molecule has 1 unspecified atom stereocenters. The van der Waals surface area contributed by atoms with Crippen molar-refractivity contribution in [1.29, 1.82) is 0 Å². The lowest BCUT2D eigenvalue weighted by Gasteiger charge is -2.46. The molecule has 2 heterocycles. The molecule has 0 aromatic heterocycles. The van der Waals surface area contributed by atoms with Gasteiger partial charge in [-0.2, -0.15) is 0 Å². The van der Waals surface area contributed by atoms with Gasteiger partial charge in [0.05, 0.1) is 0 Å². The molecule has 0 aromatic rings. The Kier molecular flexibility index (Phi) is 3.57. The van der Waals surface area contributed by atoms with Gasteiger partial charge in [-0.1, -0.05) is 0 Å². The van der Waals surface area contributed by atoms with Gasteiger partial charge < -0.3 is 5.32 Å². The number of hydrogen-bond acceptors (Lipinski definition) is 3. The fraction of sp³-hybridized carbons (Fsp3) is 1.00. The predicted octanol–water partition coefficient (Wildman–Crippen LogP) is 1.15. The number of nitrogens with one attached hydrogen (secondary N) is 1. The minimum absolute atomic E-state index is 0.329. The van der Waals surface area contributed by atoms with E-state index in [1.54, 1.807) is 0 Å². The van der Waals surface area contributed by atoms with Crippen LogP contribution in [0.4, 0.5) is 0 Å². The summed E-state index contributed by atoms with van der Waals surface area (Å²) >= 11 is 0. The summed E-state index contributed by atoms with van der Waals surface area (Å²) in [5.74, 6) is 0. The monoisotopic (exact) mass is 225 g/mol. The Morgan fingerprint density at radius 1 is 1.25 bits per heavy atom. The van der Waals surface area contributed by atoms with E-state index in [-0.39, 0.29) is 0 Å². The quantitative estimate of drug-likeness (QED) is 0.760. The minimum atomic E-state index is 0.329. The molecule has 0 radical (unpaired) electrons. The highest BCUT2D eigenvalue weighted by atomic mass is 15.3. The van der Waals surface area contributed by atoms with Gasteiger partial charge in [-0.25, -0.2) is 0 Å². The van der Waals surface area contributed by atoms with Gasteiger partial charge in [0.2, 0.25) is 0 Å². The zero-order valence-corrected chi connectivity index (χ0v) is 11.3. The molecule has 0 amide bonds. The molecular formula is C13H27N3. The second-order valence-corrected chi connectivity index (χ2v) is 6.21. The third-order valence-electron chi connectivity index (χ3n) is 4.23. The van der Waals surface area contributed by atoms with Crippen molar-refractivity contribution < 1.29 is 0 Å². The molecule has 2 fully saturated rings. The molecule has 94 valence electrons. The van der Waals surface area contributed by atoms with Crippen LogP contribution in [0.15, 0.2) is 0 Å². The van der Waals surface area contributed by atoms with Crippen molar-refractivity contribution >= 4 is 0 Å². The lowest BCUT2D eigenvalue weighted by atomic mass is 9.97. The minimum Gasteiger partial charge on any atom is -0.314 e. The first-order chi connectivity index (χ1) is 7.50. The van der Waals surface area contributed by atoms with Crippen molar-refractivity contribution in [3.8, 4) is 0 Å². The Bertz CT molecular complexity index is 237. The number of nitrogens with zero attached hydrogens (tertiary/aromatic N) is 2. The van der Waals surface area contributed by atoms with Crippen LogP contribution in [0.3, 0.4) is 0 Å². The van der Waals surface area contributed by atoms with Crippen molar-refractivity contribution in [2.24, 2.45) is 0 Å². The molecule has 2 aliphatic rings. The maximum atomic E-state index is 3.51. The fourth-order valence-electron chi connectivity index (χ4n) is 3.17. The molecule has 16 heavy (non-hydrogen) atoms. The van der Waals surface area contributed by atoms with Crippen LogP contribution in [0, 0.1) is 0 Å². The average Bonchev–Trinajstić information content (AvgIpc) is 2.65. The van der Waals surface area contributed by atoms with E-state index in [0.717, 1.165) is 19.1 Å². The predicted molar refractivity (Wildman–Crippen MR) is 68.8 cm³/mol. The fourth-order valence-corrected chi connectivity index (χ4v) is 3.17. The number of hydrogen-bond donors (Lipinski definition) is 1. The van der Waals surface area contributed by atoms with E-state index in [2.05, 4.69) is 42.8 Å². The van der Waals surface area contributed by atoms with E-state index in [1.807, 2.05) is 0 Å². The summed E-state index contributed by atoms with van der Waals surface area (Å²) < 4.78 is 0. The first kappa shape index (κ1) is 12.3. The third kappa shape index (κ3) is 2.41. The van der Waals surface area contributed by atoms with Crippen molar-refractivity contribution in [2.45, 2.75) is 51.7 Å². The van der Waals surface area contributed by atoms with Crippen LogP contribution in [0.5, 0.6) is 0 Å². The zero-order chi connectivity index (χ0) is 11.8. The zero-order valence-electron chi connectivity index (χ0n) is 11.3. The van der Waals surface area contributed by atoms with E-state index in [1.165, 1.54) is 26.1 Å². The van der Waals surface area contributed by atoms with Crippen LogP contribution < -0.4 is 5.32 Å². The number of likely N-dealkylation sites (tertiary alicyclic amines) is 1. The van der Waals surface area contributed by atoms with Gasteiger partial charge in [0.15, 0.2) is 0 Å². The van der Waals surface area contributed by atoms with Crippen LogP contribution in [-0.4, -0.2) is 60.1 Å². The summed E-state index contributed by atoms with van der Waals surface area (Å²) in [5.41, 5.74) is 0.329. The Balaban J connectivity index is 1.97. The highest BCUT2D eigenvalue weighted by Gasteiger charge is 2.38. The van der Waals surface area contributed by atoms with E-state index in [9.17, 15) is 0 Å². The van der Waals surface area contributed by atoms with E-state index in [4.69, 9.17) is 0 Å². The van der Waals surface area contributed by atoms with Crippen LogP contribution in [-0.2, 0) is 0 Å². The molecule has 0 bridgehead atoms. The van der Waals surface area contributed by atoms with Crippen LogP contribution in [0.25, 0.3) is 0 Å². The Morgan fingerprint density at radius 2 is 2.00 bits per heavy atom. The molecule has 0 spiro atoms. The van der Waals surface area contributed by atoms with Crippen molar-refractivity contribution in [3.05, 3.63) is 0 Å². The highest BCUT2D eigenvalue weighted by molar-refractivity contribution is 4.96. The molecule has 0 saturated carbocycles. The maximum Gasteiger partial charge on any atom is 0.0281 e. The summed E-state index contributed by atoms with van der Waals surface area (Å²) in [4.78, 5) is 5.34. The van der Waals surface area contributed by atoms with Gasteiger partial charge in [-0.05, 0) is 34.1 Å². The summed E-state index contributed by atoms with van der Waals surface area (Å²) in [5, 5.41) is 3.51. The topological polar surface area (TPSA) is 18.5 Å². The van der Waals surface area contributed by atoms with Crippen molar-refractivity contribution in [1.82, 2.24) is 15.1 Å². The molecule has 3 heteroatoms.